The molecule has 0 aliphatic heterocycles. The van der Waals surface area contributed by atoms with E-state index in [1.165, 1.54) is 12.1 Å². The molecule has 0 radical (unpaired) electrons. The predicted octanol–water partition coefficient (Wildman–Crippen LogP) is 1.84. The summed E-state index contributed by atoms with van der Waals surface area (Å²) >= 11 is 0. The minimum absolute atomic E-state index is 0.302. The summed E-state index contributed by atoms with van der Waals surface area (Å²) in [6.07, 6.45) is 0. The summed E-state index contributed by atoms with van der Waals surface area (Å²) in [5.74, 6) is -0.302. The first-order chi connectivity index (χ1) is 5.24. The molecule has 0 bridgehead atoms. The van der Waals surface area contributed by atoms with Crippen LogP contribution >= 0.6 is 0 Å². The zero-order valence-electron chi connectivity index (χ0n) is 6.39. The number of nitrogens with two attached hydrogens (primary N) is 1. The highest BCUT2D eigenvalue weighted by atomic mass is 19.1. The molecular formula is C8H11FN2. The van der Waals surface area contributed by atoms with Gasteiger partial charge in [-0.1, -0.05) is 0 Å². The molecule has 0 atom stereocenters. The topological polar surface area (TPSA) is 38.0 Å². The molecule has 0 spiro atoms. The minimum Gasteiger partial charge on any atom is -0.397 e. The molecule has 1 rings (SSSR count). The monoisotopic (exact) mass is 154 g/mol. The van der Waals surface area contributed by atoms with E-state index in [-0.39, 0.29) is 5.82 Å². The molecule has 2 nitrogen and oxygen atoms in total. The van der Waals surface area contributed by atoms with E-state index in [9.17, 15) is 4.39 Å². The Labute approximate surface area is 65.2 Å². The van der Waals surface area contributed by atoms with Crippen molar-refractivity contribution in [3.8, 4) is 0 Å². The van der Waals surface area contributed by atoms with Crippen molar-refractivity contribution >= 4 is 11.4 Å². The third kappa shape index (κ3) is 1.83. The number of hydrogen-bond acceptors (Lipinski definition) is 2. The summed E-state index contributed by atoms with van der Waals surface area (Å²) in [4.78, 5) is 0. The number of rotatable bonds is 2. The minimum atomic E-state index is -0.302. The molecular weight excluding hydrogens is 143 g/mol. The van der Waals surface area contributed by atoms with Crippen LogP contribution in [-0.4, -0.2) is 6.54 Å². The van der Waals surface area contributed by atoms with Crippen molar-refractivity contribution in [3.05, 3.63) is 24.0 Å². The molecule has 1 aromatic rings. The molecule has 0 aliphatic carbocycles. The first kappa shape index (κ1) is 7.85. The maximum Gasteiger partial charge on any atom is 0.125 e. The maximum atomic E-state index is 12.5. The number of anilines is 2. The Morgan fingerprint density at radius 3 is 2.82 bits per heavy atom. The van der Waals surface area contributed by atoms with Crippen LogP contribution < -0.4 is 11.1 Å². The van der Waals surface area contributed by atoms with Crippen molar-refractivity contribution in [2.45, 2.75) is 6.92 Å². The van der Waals surface area contributed by atoms with Crippen molar-refractivity contribution in [2.24, 2.45) is 0 Å². The molecule has 3 N–H and O–H groups in total. The van der Waals surface area contributed by atoms with E-state index < -0.39 is 0 Å². The first-order valence-electron chi connectivity index (χ1n) is 3.53. The molecule has 3 heteroatoms. The number of hydrogen-bond donors (Lipinski definition) is 2. The molecule has 0 saturated carbocycles. The smallest absolute Gasteiger partial charge is 0.125 e. The van der Waals surface area contributed by atoms with Crippen LogP contribution in [0.1, 0.15) is 6.92 Å². The molecule has 1 aromatic carbocycles. The zero-order chi connectivity index (χ0) is 8.27. The second-order valence-electron chi connectivity index (χ2n) is 2.26. The summed E-state index contributed by atoms with van der Waals surface area (Å²) in [6, 6.07) is 4.32. The van der Waals surface area contributed by atoms with Crippen molar-refractivity contribution in [2.75, 3.05) is 17.6 Å². The van der Waals surface area contributed by atoms with Crippen LogP contribution in [0.2, 0.25) is 0 Å². The second-order valence-corrected chi connectivity index (χ2v) is 2.26. The van der Waals surface area contributed by atoms with Crippen molar-refractivity contribution in [3.63, 3.8) is 0 Å². The molecule has 0 fully saturated rings. The summed E-state index contributed by atoms with van der Waals surface area (Å²) in [5, 5.41) is 3.01. The maximum absolute atomic E-state index is 12.5. The highest BCUT2D eigenvalue weighted by Crippen LogP contribution is 2.18. The summed E-state index contributed by atoms with van der Waals surface area (Å²) in [5.41, 5.74) is 6.74. The van der Waals surface area contributed by atoms with Crippen LogP contribution in [0, 0.1) is 5.82 Å². The Morgan fingerprint density at radius 1 is 1.55 bits per heavy atom. The van der Waals surface area contributed by atoms with Gasteiger partial charge < -0.3 is 11.1 Å². The fourth-order valence-electron chi connectivity index (χ4n) is 0.885. The van der Waals surface area contributed by atoms with Gasteiger partial charge >= 0.3 is 0 Å². The Balaban J connectivity index is 2.90. The largest absolute Gasteiger partial charge is 0.397 e. The van der Waals surface area contributed by atoms with Gasteiger partial charge in [-0.05, 0) is 25.1 Å². The van der Waals surface area contributed by atoms with Crippen LogP contribution in [0.4, 0.5) is 15.8 Å². The van der Waals surface area contributed by atoms with Crippen molar-refractivity contribution < 1.29 is 4.39 Å². The quantitative estimate of drug-likeness (QED) is 0.638. The van der Waals surface area contributed by atoms with Crippen molar-refractivity contribution in [1.82, 2.24) is 0 Å². The predicted molar refractivity (Wildman–Crippen MR) is 45.0 cm³/mol. The molecule has 0 saturated heterocycles. The standard InChI is InChI=1S/C8H11FN2/c1-2-11-8-4-3-6(9)5-7(8)10/h3-5,11H,2,10H2,1H3. The zero-order valence-corrected chi connectivity index (χ0v) is 6.39. The van der Waals surface area contributed by atoms with E-state index in [4.69, 9.17) is 5.73 Å². The van der Waals surface area contributed by atoms with Gasteiger partial charge in [0.2, 0.25) is 0 Å². The van der Waals surface area contributed by atoms with E-state index in [2.05, 4.69) is 5.32 Å². The molecule has 60 valence electrons. The van der Waals surface area contributed by atoms with Gasteiger partial charge in [0.25, 0.3) is 0 Å². The SMILES string of the molecule is CCNc1ccc(F)cc1N. The van der Waals surface area contributed by atoms with Crippen LogP contribution in [0.5, 0.6) is 0 Å². The average Bonchev–Trinajstić information content (AvgIpc) is 1.95. The average molecular weight is 154 g/mol. The van der Waals surface area contributed by atoms with Gasteiger partial charge in [0.05, 0.1) is 11.4 Å². The summed E-state index contributed by atoms with van der Waals surface area (Å²) in [7, 11) is 0. The van der Waals surface area contributed by atoms with Gasteiger partial charge in [-0.2, -0.15) is 0 Å². The molecule has 0 unspecified atom stereocenters. The second kappa shape index (κ2) is 3.23. The van der Waals surface area contributed by atoms with Gasteiger partial charge in [-0.15, -0.1) is 0 Å². The van der Waals surface area contributed by atoms with Crippen LogP contribution in [0.25, 0.3) is 0 Å². The lowest BCUT2D eigenvalue weighted by molar-refractivity contribution is 0.628. The fraction of sp³-hybridized carbons (Fsp3) is 0.250. The molecule has 0 aliphatic rings. The Bertz CT molecular complexity index is 248. The van der Waals surface area contributed by atoms with Crippen molar-refractivity contribution in [1.29, 1.82) is 0 Å². The first-order valence-corrected chi connectivity index (χ1v) is 3.53. The molecule has 11 heavy (non-hydrogen) atoms. The van der Waals surface area contributed by atoms with Gasteiger partial charge in [-0.3, -0.25) is 0 Å². The molecule has 0 amide bonds. The van der Waals surface area contributed by atoms with Gasteiger partial charge in [0.15, 0.2) is 0 Å². The van der Waals surface area contributed by atoms with E-state index in [1.807, 2.05) is 6.92 Å². The Hall–Kier alpha value is -1.25. The third-order valence-corrected chi connectivity index (χ3v) is 1.38. The van der Waals surface area contributed by atoms with Crippen LogP contribution in [0.3, 0.4) is 0 Å². The summed E-state index contributed by atoms with van der Waals surface area (Å²) < 4.78 is 12.5. The lowest BCUT2D eigenvalue weighted by Gasteiger charge is -2.05. The van der Waals surface area contributed by atoms with E-state index in [0.717, 1.165) is 12.2 Å². The van der Waals surface area contributed by atoms with Gasteiger partial charge in [-0.25, -0.2) is 4.39 Å². The molecule has 0 heterocycles. The highest BCUT2D eigenvalue weighted by molar-refractivity contribution is 5.65. The number of nitrogens with one attached hydrogen (secondary N) is 1. The summed E-state index contributed by atoms with van der Waals surface area (Å²) in [6.45, 7) is 2.75. The lowest BCUT2D eigenvalue weighted by Crippen LogP contribution is -2.00. The van der Waals surface area contributed by atoms with Gasteiger partial charge in [0.1, 0.15) is 5.82 Å². The van der Waals surface area contributed by atoms with E-state index >= 15 is 0 Å². The van der Waals surface area contributed by atoms with Crippen LogP contribution in [0.15, 0.2) is 18.2 Å². The third-order valence-electron chi connectivity index (χ3n) is 1.38. The van der Waals surface area contributed by atoms with E-state index in [0.29, 0.717) is 5.69 Å². The lowest BCUT2D eigenvalue weighted by atomic mass is 10.2. The number of benzene rings is 1. The van der Waals surface area contributed by atoms with Gasteiger partial charge in [0, 0.05) is 6.54 Å². The fourth-order valence-corrected chi connectivity index (χ4v) is 0.885. The Morgan fingerprint density at radius 2 is 2.27 bits per heavy atom. The molecule has 0 aromatic heterocycles. The number of nitrogen functional groups attached to an aromatic ring is 1. The Kier molecular flexibility index (Phi) is 2.31. The van der Waals surface area contributed by atoms with Crippen LogP contribution in [-0.2, 0) is 0 Å². The van der Waals surface area contributed by atoms with E-state index in [1.54, 1.807) is 6.07 Å². The highest BCUT2D eigenvalue weighted by Gasteiger charge is 1.97. The normalized spacial score (nSPS) is 9.64. The number of halogens is 1.